The van der Waals surface area contributed by atoms with E-state index in [0.717, 1.165) is 12.1 Å². The minimum absolute atomic E-state index is 0.121. The summed E-state index contributed by atoms with van der Waals surface area (Å²) in [4.78, 5) is 2.62. The molecule has 2 heterocycles. The second-order valence-corrected chi connectivity index (χ2v) is 4.55. The van der Waals surface area contributed by atoms with Crippen LogP contribution in [-0.2, 0) is 12.4 Å². The number of imidazole rings is 1. The molecule has 0 aliphatic carbocycles. The number of hydrogen-bond acceptors (Lipinski definition) is 2. The molecule has 0 fully saturated rings. The first kappa shape index (κ1) is 15.3. The molecule has 2 aromatic heterocycles. The van der Waals surface area contributed by atoms with Crippen LogP contribution in [0.1, 0.15) is 11.5 Å². The van der Waals surface area contributed by atoms with Gasteiger partial charge in [0.1, 0.15) is 0 Å². The van der Waals surface area contributed by atoms with Gasteiger partial charge in [0.05, 0.1) is 10.9 Å². The lowest BCUT2D eigenvalue weighted by Gasteiger charge is -2.10. The molecule has 0 unspecified atom stereocenters. The predicted octanol–water partition coefficient (Wildman–Crippen LogP) is 3.93. The number of rotatable bonds is 1. The summed E-state index contributed by atoms with van der Waals surface area (Å²) in [5.74, 6) is -2.67. The van der Waals surface area contributed by atoms with Crippen LogP contribution in [0, 0.1) is 5.95 Å². The maximum atomic E-state index is 13.4. The zero-order valence-electron chi connectivity index (χ0n) is 10.8. The number of benzene rings is 1. The first-order valence-electron chi connectivity index (χ1n) is 5.95. The Kier molecular flexibility index (Phi) is 3.13. The van der Waals surface area contributed by atoms with Crippen molar-refractivity contribution in [1.82, 2.24) is 19.7 Å². The Morgan fingerprint density at radius 3 is 2.30 bits per heavy atom. The molecule has 4 nitrogen and oxygen atoms in total. The summed E-state index contributed by atoms with van der Waals surface area (Å²) in [6, 6.07) is 3.21. The molecule has 3 rings (SSSR count). The maximum Gasteiger partial charge on any atom is 0.450 e. The lowest BCUT2D eigenvalue weighted by Crippen LogP contribution is -2.14. The summed E-state index contributed by atoms with van der Waals surface area (Å²) in [5, 5.41) is 5.37. The molecule has 0 aliphatic rings. The van der Waals surface area contributed by atoms with Crippen molar-refractivity contribution in [3.8, 4) is 5.69 Å². The van der Waals surface area contributed by atoms with Gasteiger partial charge in [-0.3, -0.25) is 9.67 Å². The highest BCUT2D eigenvalue weighted by atomic mass is 19.4. The average molecular weight is 338 g/mol. The van der Waals surface area contributed by atoms with E-state index in [-0.39, 0.29) is 27.4 Å². The van der Waals surface area contributed by atoms with Gasteiger partial charge in [0.2, 0.25) is 11.8 Å². The van der Waals surface area contributed by atoms with Crippen molar-refractivity contribution < 1.29 is 30.7 Å². The van der Waals surface area contributed by atoms with Crippen molar-refractivity contribution in [1.29, 1.82) is 0 Å². The van der Waals surface area contributed by atoms with Gasteiger partial charge in [0.25, 0.3) is 0 Å². The van der Waals surface area contributed by atoms with Crippen LogP contribution in [-0.4, -0.2) is 19.7 Å². The Labute approximate surface area is 122 Å². The Morgan fingerprint density at radius 1 is 1.00 bits per heavy atom. The minimum Gasteiger partial charge on any atom is -0.296 e. The molecule has 122 valence electrons. The highest BCUT2D eigenvalue weighted by molar-refractivity contribution is 5.80. The van der Waals surface area contributed by atoms with E-state index < -0.39 is 29.8 Å². The van der Waals surface area contributed by atoms with E-state index in [1.54, 1.807) is 0 Å². The lowest BCUT2D eigenvalue weighted by molar-refractivity contribution is -0.150. The van der Waals surface area contributed by atoms with Gasteiger partial charge in [-0.05, 0) is 18.2 Å². The zero-order valence-corrected chi connectivity index (χ0v) is 10.8. The number of aromatic nitrogens is 4. The molecule has 0 bridgehead atoms. The van der Waals surface area contributed by atoms with Gasteiger partial charge in [-0.1, -0.05) is 0 Å². The smallest absolute Gasteiger partial charge is 0.296 e. The minimum atomic E-state index is -5.12. The van der Waals surface area contributed by atoms with E-state index >= 15 is 0 Å². The van der Waals surface area contributed by atoms with E-state index in [2.05, 4.69) is 10.1 Å². The molecule has 0 spiro atoms. The van der Waals surface area contributed by atoms with E-state index in [0.29, 0.717) is 0 Å². The molecule has 23 heavy (non-hydrogen) atoms. The van der Waals surface area contributed by atoms with Crippen LogP contribution < -0.4 is 0 Å². The van der Waals surface area contributed by atoms with Crippen molar-refractivity contribution in [2.24, 2.45) is 0 Å². The molecule has 3 aromatic rings. The summed E-state index contributed by atoms with van der Waals surface area (Å²) < 4.78 is 90.3. The largest absolute Gasteiger partial charge is 0.450 e. The number of nitrogens with zero attached hydrogens (tertiary/aromatic N) is 3. The van der Waals surface area contributed by atoms with Crippen LogP contribution in [0.2, 0.25) is 0 Å². The number of H-pyrrole nitrogens is 1. The molecular formula is C12H5F7N4. The van der Waals surface area contributed by atoms with Crippen LogP contribution in [0.5, 0.6) is 0 Å². The van der Waals surface area contributed by atoms with E-state index in [9.17, 15) is 30.7 Å². The van der Waals surface area contributed by atoms with Crippen LogP contribution >= 0.6 is 0 Å². The zero-order chi connectivity index (χ0) is 17.0. The average Bonchev–Trinajstić information content (AvgIpc) is 3.02. The Morgan fingerprint density at radius 2 is 1.70 bits per heavy atom. The number of aromatic amines is 1. The first-order valence-corrected chi connectivity index (χ1v) is 5.95. The van der Waals surface area contributed by atoms with Crippen LogP contribution in [0.15, 0.2) is 24.4 Å². The van der Waals surface area contributed by atoms with Crippen molar-refractivity contribution in [2.75, 3.05) is 0 Å². The number of hydrogen-bond donors (Lipinski definition) is 1. The standard InChI is InChI=1S/C12H5F7N4/c13-9-6-3-5(1-2-7(6)21-22-9)23-4-8(11(14,15)16)20-10(23)12(17,18)19/h1-4H,(H,21,22). The van der Waals surface area contributed by atoms with Crippen molar-refractivity contribution >= 4 is 10.9 Å². The van der Waals surface area contributed by atoms with Crippen LogP contribution in [0.25, 0.3) is 16.6 Å². The Hall–Kier alpha value is -2.59. The van der Waals surface area contributed by atoms with Gasteiger partial charge >= 0.3 is 12.4 Å². The molecule has 11 heteroatoms. The Balaban J connectivity index is 2.24. The Bertz CT molecular complexity index is 872. The van der Waals surface area contributed by atoms with Crippen molar-refractivity contribution in [3.05, 3.63) is 41.9 Å². The molecule has 0 atom stereocenters. The summed E-state index contributed by atoms with van der Waals surface area (Å²) in [7, 11) is 0. The number of fused-ring (bicyclic) bond motifs is 1. The second kappa shape index (κ2) is 4.70. The highest BCUT2D eigenvalue weighted by Crippen LogP contribution is 2.36. The van der Waals surface area contributed by atoms with Gasteiger partial charge in [-0.25, -0.2) is 4.98 Å². The quantitative estimate of drug-likeness (QED) is 0.684. The molecule has 1 N–H and O–H groups in total. The van der Waals surface area contributed by atoms with Crippen molar-refractivity contribution in [2.45, 2.75) is 12.4 Å². The molecule has 0 radical (unpaired) electrons. The molecular weight excluding hydrogens is 333 g/mol. The van der Waals surface area contributed by atoms with E-state index in [1.807, 2.05) is 5.10 Å². The third-order valence-corrected chi connectivity index (χ3v) is 3.02. The van der Waals surface area contributed by atoms with E-state index in [4.69, 9.17) is 0 Å². The third kappa shape index (κ3) is 2.62. The third-order valence-electron chi connectivity index (χ3n) is 3.02. The van der Waals surface area contributed by atoms with Gasteiger partial charge in [-0.15, -0.1) is 0 Å². The summed E-state index contributed by atoms with van der Waals surface area (Å²) >= 11 is 0. The predicted molar refractivity (Wildman–Crippen MR) is 63.2 cm³/mol. The van der Waals surface area contributed by atoms with Crippen molar-refractivity contribution in [3.63, 3.8) is 0 Å². The fourth-order valence-electron chi connectivity index (χ4n) is 2.03. The van der Waals surface area contributed by atoms with Crippen LogP contribution in [0.4, 0.5) is 30.7 Å². The molecule has 1 aromatic carbocycles. The van der Waals surface area contributed by atoms with Gasteiger partial charge < -0.3 is 0 Å². The van der Waals surface area contributed by atoms with Gasteiger partial charge in [0.15, 0.2) is 5.69 Å². The second-order valence-electron chi connectivity index (χ2n) is 4.55. The normalized spacial score (nSPS) is 13.0. The SMILES string of the molecule is Fc1[nH]nc2ccc(-n3cc(C(F)(F)F)nc3C(F)(F)F)cc12. The van der Waals surface area contributed by atoms with Gasteiger partial charge in [-0.2, -0.15) is 35.8 Å². The summed E-state index contributed by atoms with van der Waals surface area (Å²) in [5.41, 5.74) is -1.90. The topological polar surface area (TPSA) is 46.5 Å². The highest BCUT2D eigenvalue weighted by Gasteiger charge is 2.42. The number of halogens is 7. The number of alkyl halides is 6. The first-order chi connectivity index (χ1) is 10.6. The van der Waals surface area contributed by atoms with Gasteiger partial charge in [0, 0.05) is 11.9 Å². The summed E-state index contributed by atoms with van der Waals surface area (Å²) in [6.45, 7) is 0. The molecule has 0 saturated heterocycles. The fourth-order valence-corrected chi connectivity index (χ4v) is 2.03. The lowest BCUT2D eigenvalue weighted by atomic mass is 10.2. The maximum absolute atomic E-state index is 13.4. The fraction of sp³-hybridized carbons (Fsp3) is 0.167. The molecule has 0 aliphatic heterocycles. The summed E-state index contributed by atoms with van der Waals surface area (Å²) in [6.07, 6.45) is -9.95. The molecule has 0 saturated carbocycles. The van der Waals surface area contributed by atoms with Crippen LogP contribution in [0.3, 0.4) is 0 Å². The van der Waals surface area contributed by atoms with E-state index in [1.165, 1.54) is 6.07 Å². The monoisotopic (exact) mass is 338 g/mol. The molecule has 0 amide bonds. The number of nitrogens with one attached hydrogen (secondary N) is 1.